The zero-order chi connectivity index (χ0) is 17.2. The molecule has 1 aliphatic carbocycles. The van der Waals surface area contributed by atoms with Crippen molar-refractivity contribution in [2.45, 2.75) is 43.6 Å². The van der Waals surface area contributed by atoms with Crippen LogP contribution in [0, 0.1) is 5.82 Å². The van der Waals surface area contributed by atoms with Crippen molar-refractivity contribution >= 4 is 17.8 Å². The summed E-state index contributed by atoms with van der Waals surface area (Å²) in [6.07, 6.45) is 3.90. The predicted molar refractivity (Wildman–Crippen MR) is 84.6 cm³/mol. The summed E-state index contributed by atoms with van der Waals surface area (Å²) in [5.74, 6) is -1.05. The van der Waals surface area contributed by atoms with E-state index in [1.54, 1.807) is 12.1 Å². The van der Waals surface area contributed by atoms with E-state index in [0.717, 1.165) is 31.2 Å². The molecule has 2 aliphatic rings. The molecule has 1 atom stereocenters. The molecule has 7 heteroatoms. The van der Waals surface area contributed by atoms with Crippen LogP contribution < -0.4 is 16.0 Å². The summed E-state index contributed by atoms with van der Waals surface area (Å²) in [4.78, 5) is 34.7. The maximum Gasteiger partial charge on any atom is 0.322 e. The molecule has 0 spiro atoms. The Balaban J connectivity index is 1.62. The van der Waals surface area contributed by atoms with Gasteiger partial charge in [-0.05, 0) is 30.5 Å². The molecule has 0 radical (unpaired) electrons. The summed E-state index contributed by atoms with van der Waals surface area (Å²) >= 11 is 0. The first-order chi connectivity index (χ1) is 11.5. The maximum atomic E-state index is 13.2. The minimum atomic E-state index is -0.817. The van der Waals surface area contributed by atoms with Crippen LogP contribution in [0.5, 0.6) is 0 Å². The molecular formula is C17H20FN3O3. The van der Waals surface area contributed by atoms with Gasteiger partial charge in [0.05, 0.1) is 6.42 Å². The first-order valence-electron chi connectivity index (χ1n) is 8.13. The number of imide groups is 1. The van der Waals surface area contributed by atoms with Gasteiger partial charge in [0.1, 0.15) is 11.9 Å². The highest BCUT2D eigenvalue weighted by atomic mass is 19.1. The lowest BCUT2D eigenvalue weighted by Crippen LogP contribution is -2.42. The van der Waals surface area contributed by atoms with Gasteiger partial charge in [0.25, 0.3) is 5.91 Å². The van der Waals surface area contributed by atoms with E-state index < -0.39 is 18.0 Å². The molecule has 3 rings (SSSR count). The van der Waals surface area contributed by atoms with Gasteiger partial charge < -0.3 is 10.6 Å². The second kappa shape index (κ2) is 6.59. The zero-order valence-corrected chi connectivity index (χ0v) is 13.2. The van der Waals surface area contributed by atoms with Crippen molar-refractivity contribution in [1.82, 2.24) is 16.0 Å². The van der Waals surface area contributed by atoms with Gasteiger partial charge in [-0.2, -0.15) is 0 Å². The molecule has 4 amide bonds. The quantitative estimate of drug-likeness (QED) is 0.711. The summed E-state index contributed by atoms with van der Waals surface area (Å²) < 4.78 is 13.2. The number of halogens is 1. The number of carbonyl (C=O) groups is 3. The van der Waals surface area contributed by atoms with Crippen molar-refractivity contribution in [2.75, 3.05) is 6.54 Å². The summed E-state index contributed by atoms with van der Waals surface area (Å²) in [5.41, 5.74) is 0.832. The Morgan fingerprint density at radius 3 is 2.46 bits per heavy atom. The van der Waals surface area contributed by atoms with E-state index in [0.29, 0.717) is 6.54 Å². The normalized spacial score (nSPS) is 22.1. The SMILES string of the molecule is O=C(C[C@H]1NC(=O)NC1=O)NCC1(c2ccc(F)cc2)CCCC1. The van der Waals surface area contributed by atoms with Crippen LogP contribution in [-0.2, 0) is 15.0 Å². The van der Waals surface area contributed by atoms with Crippen LogP contribution in [0.4, 0.5) is 9.18 Å². The first kappa shape index (κ1) is 16.4. The highest BCUT2D eigenvalue weighted by Crippen LogP contribution is 2.40. The number of hydrogen-bond donors (Lipinski definition) is 3. The van der Waals surface area contributed by atoms with E-state index in [4.69, 9.17) is 0 Å². The molecular weight excluding hydrogens is 313 g/mol. The van der Waals surface area contributed by atoms with E-state index in [1.165, 1.54) is 12.1 Å². The van der Waals surface area contributed by atoms with E-state index in [-0.39, 0.29) is 23.6 Å². The number of carbonyl (C=O) groups excluding carboxylic acids is 3. The number of benzene rings is 1. The Kier molecular flexibility index (Phi) is 4.51. The van der Waals surface area contributed by atoms with Gasteiger partial charge in [0.15, 0.2) is 0 Å². The van der Waals surface area contributed by atoms with Gasteiger partial charge in [-0.15, -0.1) is 0 Å². The molecule has 0 bridgehead atoms. The third-order valence-corrected chi connectivity index (χ3v) is 4.89. The number of hydrogen-bond acceptors (Lipinski definition) is 3. The third kappa shape index (κ3) is 3.39. The van der Waals surface area contributed by atoms with Gasteiger partial charge in [-0.1, -0.05) is 25.0 Å². The smallest absolute Gasteiger partial charge is 0.322 e. The Hall–Kier alpha value is -2.44. The van der Waals surface area contributed by atoms with Crippen LogP contribution in [-0.4, -0.2) is 30.4 Å². The molecule has 1 aromatic rings. The molecule has 24 heavy (non-hydrogen) atoms. The van der Waals surface area contributed by atoms with Crippen molar-refractivity contribution in [3.63, 3.8) is 0 Å². The van der Waals surface area contributed by atoms with Crippen molar-refractivity contribution in [3.05, 3.63) is 35.6 Å². The van der Waals surface area contributed by atoms with Gasteiger partial charge in [-0.3, -0.25) is 14.9 Å². The standard InChI is InChI=1S/C17H20FN3O3/c18-12-5-3-11(4-6-12)17(7-1-2-8-17)10-19-14(22)9-13-15(23)21-16(24)20-13/h3-6,13H,1-2,7-10H2,(H,19,22)(H2,20,21,23,24)/t13-/m1/s1. The summed E-state index contributed by atoms with van der Waals surface area (Å²) in [6.45, 7) is 0.444. The average molecular weight is 333 g/mol. The van der Waals surface area contributed by atoms with E-state index >= 15 is 0 Å². The lowest BCUT2D eigenvalue weighted by molar-refractivity contribution is -0.126. The molecule has 6 nitrogen and oxygen atoms in total. The van der Waals surface area contributed by atoms with E-state index in [9.17, 15) is 18.8 Å². The van der Waals surface area contributed by atoms with Crippen molar-refractivity contribution in [2.24, 2.45) is 0 Å². The molecule has 1 saturated carbocycles. The van der Waals surface area contributed by atoms with Crippen LogP contribution >= 0.6 is 0 Å². The molecule has 1 saturated heterocycles. The second-order valence-electron chi connectivity index (χ2n) is 6.49. The van der Waals surface area contributed by atoms with Crippen LogP contribution in [0.25, 0.3) is 0 Å². The van der Waals surface area contributed by atoms with Crippen LogP contribution in [0.3, 0.4) is 0 Å². The van der Waals surface area contributed by atoms with E-state index in [2.05, 4.69) is 16.0 Å². The first-order valence-corrected chi connectivity index (χ1v) is 8.13. The van der Waals surface area contributed by atoms with Gasteiger partial charge in [-0.25, -0.2) is 9.18 Å². The number of amides is 4. The Morgan fingerprint density at radius 2 is 1.88 bits per heavy atom. The number of nitrogens with one attached hydrogen (secondary N) is 3. The third-order valence-electron chi connectivity index (χ3n) is 4.89. The Labute approximate surface area is 139 Å². The highest BCUT2D eigenvalue weighted by molar-refractivity contribution is 6.05. The fraction of sp³-hybridized carbons (Fsp3) is 0.471. The summed E-state index contributed by atoms with van der Waals surface area (Å²) in [5, 5.41) is 7.39. The van der Waals surface area contributed by atoms with Crippen LogP contribution in [0.2, 0.25) is 0 Å². The minimum Gasteiger partial charge on any atom is -0.355 e. The highest BCUT2D eigenvalue weighted by Gasteiger charge is 2.37. The van der Waals surface area contributed by atoms with Crippen LogP contribution in [0.1, 0.15) is 37.7 Å². The monoisotopic (exact) mass is 333 g/mol. The van der Waals surface area contributed by atoms with Crippen LogP contribution in [0.15, 0.2) is 24.3 Å². The molecule has 128 valence electrons. The van der Waals surface area contributed by atoms with Crippen molar-refractivity contribution in [1.29, 1.82) is 0 Å². The molecule has 3 N–H and O–H groups in total. The lowest BCUT2D eigenvalue weighted by atomic mass is 9.78. The molecule has 0 unspecified atom stereocenters. The number of rotatable bonds is 5. The lowest BCUT2D eigenvalue weighted by Gasteiger charge is -2.30. The van der Waals surface area contributed by atoms with E-state index in [1.807, 2.05) is 0 Å². The maximum absolute atomic E-state index is 13.2. The fourth-order valence-corrected chi connectivity index (χ4v) is 3.55. The molecule has 1 aromatic carbocycles. The van der Waals surface area contributed by atoms with Crippen molar-refractivity contribution in [3.8, 4) is 0 Å². The average Bonchev–Trinajstić information content (AvgIpc) is 3.14. The van der Waals surface area contributed by atoms with Gasteiger partial charge in [0.2, 0.25) is 5.91 Å². The zero-order valence-electron chi connectivity index (χ0n) is 13.2. The van der Waals surface area contributed by atoms with Gasteiger partial charge in [0, 0.05) is 12.0 Å². The summed E-state index contributed by atoms with van der Waals surface area (Å²) in [6, 6.07) is 5.04. The second-order valence-corrected chi connectivity index (χ2v) is 6.49. The van der Waals surface area contributed by atoms with Crippen molar-refractivity contribution < 1.29 is 18.8 Å². The Bertz CT molecular complexity index is 654. The predicted octanol–water partition coefficient (Wildman–Crippen LogP) is 1.35. The molecule has 1 heterocycles. The van der Waals surface area contributed by atoms with Gasteiger partial charge >= 0.3 is 6.03 Å². The number of urea groups is 1. The summed E-state index contributed by atoms with van der Waals surface area (Å²) in [7, 11) is 0. The topological polar surface area (TPSA) is 87.3 Å². The Morgan fingerprint density at radius 1 is 1.21 bits per heavy atom. The molecule has 1 aliphatic heterocycles. The molecule has 2 fully saturated rings. The largest absolute Gasteiger partial charge is 0.355 e. The fourth-order valence-electron chi connectivity index (χ4n) is 3.55. The molecule has 0 aromatic heterocycles. The minimum absolute atomic E-state index is 0.0862.